The summed E-state index contributed by atoms with van der Waals surface area (Å²) < 4.78 is 2.10. The monoisotopic (exact) mass is 230 g/mol. The van der Waals surface area contributed by atoms with Crippen LogP contribution in [0.15, 0.2) is 30.6 Å². The molecular formula is C13H18N4. The fraction of sp³-hybridized carbons (Fsp3) is 0.462. The van der Waals surface area contributed by atoms with Crippen LogP contribution in [-0.2, 0) is 0 Å². The van der Waals surface area contributed by atoms with Crippen LogP contribution in [0.4, 0.5) is 5.82 Å². The molecular weight excluding hydrogens is 212 g/mol. The molecule has 0 bridgehead atoms. The fourth-order valence-electron chi connectivity index (χ4n) is 2.54. The maximum atomic E-state index is 4.30. The van der Waals surface area contributed by atoms with Crippen molar-refractivity contribution in [2.75, 3.05) is 11.9 Å². The highest BCUT2D eigenvalue weighted by atomic mass is 15.1. The average Bonchev–Trinajstić information content (AvgIpc) is 2.78. The number of aromatic nitrogens is 2. The Morgan fingerprint density at radius 1 is 1.47 bits per heavy atom. The number of pyridine rings is 1. The first kappa shape index (κ1) is 10.6. The van der Waals surface area contributed by atoms with E-state index < -0.39 is 0 Å². The lowest BCUT2D eigenvalue weighted by molar-refractivity contribution is 0.395. The van der Waals surface area contributed by atoms with E-state index in [-0.39, 0.29) is 0 Å². The molecule has 1 fully saturated rings. The van der Waals surface area contributed by atoms with E-state index in [9.17, 15) is 0 Å². The number of imidazole rings is 1. The molecule has 0 spiro atoms. The molecule has 4 nitrogen and oxygen atoms in total. The Kier molecular flexibility index (Phi) is 2.73. The summed E-state index contributed by atoms with van der Waals surface area (Å²) in [5.74, 6) is 1.14. The summed E-state index contributed by atoms with van der Waals surface area (Å²) in [6, 6.07) is 7.34. The van der Waals surface area contributed by atoms with E-state index in [1.807, 2.05) is 18.5 Å². The normalized spacial score (nSPS) is 25.0. The van der Waals surface area contributed by atoms with Crippen LogP contribution in [0.1, 0.15) is 19.8 Å². The highest BCUT2D eigenvalue weighted by Gasteiger charge is 2.18. The smallest absolute Gasteiger partial charge is 0.138 e. The first-order chi connectivity index (χ1) is 8.33. The van der Waals surface area contributed by atoms with Crippen LogP contribution in [-0.4, -0.2) is 28.0 Å². The molecule has 2 atom stereocenters. The third-order valence-electron chi connectivity index (χ3n) is 3.40. The Morgan fingerprint density at radius 3 is 3.29 bits per heavy atom. The second kappa shape index (κ2) is 4.37. The first-order valence-corrected chi connectivity index (χ1v) is 6.25. The molecule has 0 aliphatic carbocycles. The van der Waals surface area contributed by atoms with Gasteiger partial charge in [0.15, 0.2) is 0 Å². The molecule has 0 radical (unpaired) electrons. The van der Waals surface area contributed by atoms with E-state index in [0.29, 0.717) is 12.1 Å². The molecule has 2 unspecified atom stereocenters. The van der Waals surface area contributed by atoms with Crippen LogP contribution in [0.5, 0.6) is 0 Å². The lowest BCUT2D eigenvalue weighted by Gasteiger charge is -2.29. The minimum atomic E-state index is 0.555. The molecule has 0 amide bonds. The Labute approximate surface area is 101 Å². The average molecular weight is 230 g/mol. The van der Waals surface area contributed by atoms with Gasteiger partial charge >= 0.3 is 0 Å². The second-order valence-electron chi connectivity index (χ2n) is 4.79. The van der Waals surface area contributed by atoms with Gasteiger partial charge in [-0.25, -0.2) is 4.98 Å². The lowest BCUT2D eigenvalue weighted by Crippen LogP contribution is -2.41. The molecule has 3 rings (SSSR count). The zero-order valence-electron chi connectivity index (χ0n) is 10.1. The Bertz CT molecular complexity index is 505. The molecule has 17 heavy (non-hydrogen) atoms. The molecule has 4 heteroatoms. The van der Waals surface area contributed by atoms with E-state index in [0.717, 1.165) is 18.0 Å². The number of hydrogen-bond donors (Lipinski definition) is 2. The van der Waals surface area contributed by atoms with Crippen molar-refractivity contribution in [2.45, 2.75) is 31.8 Å². The first-order valence-electron chi connectivity index (χ1n) is 6.25. The van der Waals surface area contributed by atoms with Crippen molar-refractivity contribution in [1.82, 2.24) is 14.7 Å². The van der Waals surface area contributed by atoms with E-state index in [1.165, 1.54) is 12.8 Å². The van der Waals surface area contributed by atoms with Crippen molar-refractivity contribution in [3.63, 3.8) is 0 Å². The molecule has 2 aromatic rings. The maximum Gasteiger partial charge on any atom is 0.138 e. The number of piperidine rings is 1. The van der Waals surface area contributed by atoms with Gasteiger partial charge in [-0.1, -0.05) is 6.07 Å². The Hall–Kier alpha value is -1.55. The maximum absolute atomic E-state index is 4.30. The van der Waals surface area contributed by atoms with Crippen molar-refractivity contribution in [3.8, 4) is 0 Å². The van der Waals surface area contributed by atoms with Gasteiger partial charge in [0.05, 0.1) is 0 Å². The van der Waals surface area contributed by atoms with Crippen molar-refractivity contribution in [2.24, 2.45) is 0 Å². The van der Waals surface area contributed by atoms with E-state index >= 15 is 0 Å². The summed E-state index contributed by atoms with van der Waals surface area (Å²) in [5.41, 5.74) is 0.997. The van der Waals surface area contributed by atoms with Gasteiger partial charge < -0.3 is 10.6 Å². The highest BCUT2D eigenvalue weighted by molar-refractivity contribution is 5.50. The number of anilines is 1. The minimum Gasteiger partial charge on any atom is -0.368 e. The van der Waals surface area contributed by atoms with E-state index in [4.69, 9.17) is 0 Å². The molecule has 90 valence electrons. The summed E-state index contributed by atoms with van der Waals surface area (Å²) in [7, 11) is 0. The second-order valence-corrected chi connectivity index (χ2v) is 4.79. The van der Waals surface area contributed by atoms with Crippen molar-refractivity contribution >= 4 is 11.5 Å². The fourth-order valence-corrected chi connectivity index (χ4v) is 2.54. The van der Waals surface area contributed by atoms with Crippen LogP contribution in [0, 0.1) is 0 Å². The molecule has 3 heterocycles. The standard InChI is InChI=1S/C13H18N4/c1-10-9-11(5-6-14-10)16-13-4-2-3-12-15-7-8-17(12)13/h2-4,7-8,10-11,14,16H,5-6,9H2,1H3. The molecule has 1 aliphatic rings. The van der Waals surface area contributed by atoms with Gasteiger partial charge in [0.25, 0.3) is 0 Å². The zero-order valence-corrected chi connectivity index (χ0v) is 10.1. The third kappa shape index (κ3) is 2.13. The lowest BCUT2D eigenvalue weighted by atomic mass is 10.0. The molecule has 0 saturated carbocycles. The quantitative estimate of drug-likeness (QED) is 0.827. The molecule has 2 aromatic heterocycles. The van der Waals surface area contributed by atoms with Crippen molar-refractivity contribution < 1.29 is 0 Å². The number of nitrogens with one attached hydrogen (secondary N) is 2. The molecule has 1 saturated heterocycles. The van der Waals surface area contributed by atoms with Gasteiger partial charge in [-0.05, 0) is 38.4 Å². The Balaban J connectivity index is 1.82. The summed E-state index contributed by atoms with van der Waals surface area (Å²) in [5, 5.41) is 7.09. The molecule has 1 aliphatic heterocycles. The summed E-state index contributed by atoms with van der Waals surface area (Å²) in [6.07, 6.45) is 6.19. The van der Waals surface area contributed by atoms with Gasteiger partial charge in [0, 0.05) is 24.5 Å². The van der Waals surface area contributed by atoms with Crippen LogP contribution in [0.2, 0.25) is 0 Å². The van der Waals surface area contributed by atoms with Gasteiger partial charge in [0.2, 0.25) is 0 Å². The van der Waals surface area contributed by atoms with Crippen LogP contribution < -0.4 is 10.6 Å². The largest absolute Gasteiger partial charge is 0.368 e. The Morgan fingerprint density at radius 2 is 2.41 bits per heavy atom. The van der Waals surface area contributed by atoms with Crippen LogP contribution in [0.3, 0.4) is 0 Å². The van der Waals surface area contributed by atoms with E-state index in [1.54, 1.807) is 0 Å². The zero-order chi connectivity index (χ0) is 11.7. The molecule has 2 N–H and O–H groups in total. The summed E-state index contributed by atoms with van der Waals surface area (Å²) in [4.78, 5) is 4.30. The van der Waals surface area contributed by atoms with Gasteiger partial charge in [-0.2, -0.15) is 0 Å². The predicted octanol–water partition coefficient (Wildman–Crippen LogP) is 1.89. The van der Waals surface area contributed by atoms with Gasteiger partial charge in [0.1, 0.15) is 11.5 Å². The third-order valence-corrected chi connectivity index (χ3v) is 3.40. The number of fused-ring (bicyclic) bond motifs is 1. The highest BCUT2D eigenvalue weighted by Crippen LogP contribution is 2.17. The molecule has 0 aromatic carbocycles. The predicted molar refractivity (Wildman–Crippen MR) is 69.3 cm³/mol. The van der Waals surface area contributed by atoms with Crippen molar-refractivity contribution in [3.05, 3.63) is 30.6 Å². The number of rotatable bonds is 2. The van der Waals surface area contributed by atoms with Crippen LogP contribution >= 0.6 is 0 Å². The van der Waals surface area contributed by atoms with Crippen molar-refractivity contribution in [1.29, 1.82) is 0 Å². The number of nitrogens with zero attached hydrogens (tertiary/aromatic N) is 2. The topological polar surface area (TPSA) is 41.4 Å². The minimum absolute atomic E-state index is 0.555. The number of hydrogen-bond acceptors (Lipinski definition) is 3. The summed E-state index contributed by atoms with van der Waals surface area (Å²) in [6.45, 7) is 3.34. The van der Waals surface area contributed by atoms with Gasteiger partial charge in [-0.15, -0.1) is 0 Å². The van der Waals surface area contributed by atoms with E-state index in [2.05, 4.69) is 39.1 Å². The summed E-state index contributed by atoms with van der Waals surface area (Å²) >= 11 is 0. The van der Waals surface area contributed by atoms with Gasteiger partial charge in [-0.3, -0.25) is 4.40 Å². The van der Waals surface area contributed by atoms with Crippen LogP contribution in [0.25, 0.3) is 5.65 Å². The SMILES string of the molecule is CC1CC(Nc2cccc3nccn23)CCN1.